The second-order valence-corrected chi connectivity index (χ2v) is 9.17. The van der Waals surface area contributed by atoms with E-state index in [2.05, 4.69) is 20.8 Å². The lowest BCUT2D eigenvalue weighted by Crippen LogP contribution is -2.45. The summed E-state index contributed by atoms with van der Waals surface area (Å²) in [6.07, 6.45) is 1.29. The molecule has 1 amide bonds. The Labute approximate surface area is 139 Å². The van der Waals surface area contributed by atoms with Gasteiger partial charge in [-0.3, -0.25) is 4.79 Å². The molecule has 6 heteroatoms. The van der Waals surface area contributed by atoms with Crippen molar-refractivity contribution in [2.24, 2.45) is 0 Å². The molecule has 1 saturated heterocycles. The van der Waals surface area contributed by atoms with Gasteiger partial charge in [-0.2, -0.15) is 4.31 Å². The molecule has 0 saturated carbocycles. The molecular weight excluding hydrogens is 312 g/mol. The van der Waals surface area contributed by atoms with Gasteiger partial charge in [0, 0.05) is 20.6 Å². The van der Waals surface area contributed by atoms with Crippen molar-refractivity contribution in [2.45, 2.75) is 50.0 Å². The van der Waals surface area contributed by atoms with Gasteiger partial charge in [0.15, 0.2) is 0 Å². The highest BCUT2D eigenvalue weighted by Crippen LogP contribution is 2.29. The Balaban J connectivity index is 2.32. The van der Waals surface area contributed by atoms with Gasteiger partial charge in [0.25, 0.3) is 0 Å². The third-order valence-corrected chi connectivity index (χ3v) is 6.18. The highest BCUT2D eigenvalue weighted by molar-refractivity contribution is 7.89. The molecule has 5 nitrogen and oxygen atoms in total. The zero-order valence-electron chi connectivity index (χ0n) is 14.5. The van der Waals surface area contributed by atoms with Gasteiger partial charge in [-0.25, -0.2) is 8.42 Å². The largest absolute Gasteiger partial charge is 0.347 e. The van der Waals surface area contributed by atoms with Crippen LogP contribution in [0.15, 0.2) is 29.2 Å². The molecule has 1 aromatic carbocycles. The van der Waals surface area contributed by atoms with Crippen molar-refractivity contribution in [1.29, 1.82) is 0 Å². The molecule has 0 radical (unpaired) electrons. The van der Waals surface area contributed by atoms with Crippen LogP contribution in [0.25, 0.3) is 0 Å². The maximum atomic E-state index is 12.9. The molecular formula is C17H26N2O3S. The summed E-state index contributed by atoms with van der Waals surface area (Å²) in [5.74, 6) is -0.155. The first-order valence-corrected chi connectivity index (χ1v) is 9.32. The first-order valence-electron chi connectivity index (χ1n) is 7.88. The molecule has 0 aliphatic carbocycles. The Bertz CT molecular complexity index is 673. The van der Waals surface area contributed by atoms with Crippen LogP contribution in [0.1, 0.15) is 39.2 Å². The number of amides is 1. The fourth-order valence-corrected chi connectivity index (χ4v) is 4.49. The topological polar surface area (TPSA) is 57.7 Å². The molecule has 1 unspecified atom stereocenters. The number of carbonyl (C=O) groups excluding carboxylic acids is 1. The summed E-state index contributed by atoms with van der Waals surface area (Å²) in [4.78, 5) is 14.0. The third-order valence-electron chi connectivity index (χ3n) is 4.26. The number of hydrogen-bond acceptors (Lipinski definition) is 3. The van der Waals surface area contributed by atoms with Crippen molar-refractivity contribution in [3.63, 3.8) is 0 Å². The van der Waals surface area contributed by atoms with Gasteiger partial charge in [0.1, 0.15) is 6.04 Å². The van der Waals surface area contributed by atoms with Crippen LogP contribution in [0.4, 0.5) is 0 Å². The van der Waals surface area contributed by atoms with Gasteiger partial charge in [-0.1, -0.05) is 32.9 Å². The molecule has 1 fully saturated rings. The molecule has 1 aliphatic rings. The average Bonchev–Trinajstić information content (AvgIpc) is 2.95. The summed E-state index contributed by atoms with van der Waals surface area (Å²) in [6.45, 7) is 6.65. The Morgan fingerprint density at radius 2 is 1.74 bits per heavy atom. The van der Waals surface area contributed by atoms with Crippen molar-refractivity contribution in [1.82, 2.24) is 9.21 Å². The average molecular weight is 338 g/mol. The number of benzene rings is 1. The second kappa shape index (κ2) is 6.24. The molecule has 0 aromatic heterocycles. The van der Waals surface area contributed by atoms with E-state index in [1.54, 1.807) is 26.2 Å². The number of nitrogens with zero attached hydrogens (tertiary/aromatic N) is 2. The second-order valence-electron chi connectivity index (χ2n) is 7.28. The van der Waals surface area contributed by atoms with Crippen LogP contribution in [0, 0.1) is 0 Å². The minimum Gasteiger partial charge on any atom is -0.347 e. The molecule has 1 aromatic rings. The fraction of sp³-hybridized carbons (Fsp3) is 0.588. The van der Waals surface area contributed by atoms with Crippen molar-refractivity contribution < 1.29 is 13.2 Å². The zero-order chi connectivity index (χ0) is 17.4. The van der Waals surface area contributed by atoms with Gasteiger partial charge in [-0.15, -0.1) is 0 Å². The van der Waals surface area contributed by atoms with Crippen LogP contribution in [-0.4, -0.2) is 50.2 Å². The van der Waals surface area contributed by atoms with Crippen molar-refractivity contribution in [2.75, 3.05) is 20.6 Å². The number of sulfonamides is 1. The first-order chi connectivity index (χ1) is 10.5. The van der Waals surface area contributed by atoms with Crippen LogP contribution in [-0.2, 0) is 20.2 Å². The van der Waals surface area contributed by atoms with Gasteiger partial charge in [0.05, 0.1) is 4.90 Å². The van der Waals surface area contributed by atoms with Gasteiger partial charge in [0.2, 0.25) is 15.9 Å². The van der Waals surface area contributed by atoms with Crippen molar-refractivity contribution in [3.05, 3.63) is 29.8 Å². The number of rotatable bonds is 3. The Morgan fingerprint density at radius 3 is 2.22 bits per heavy atom. The van der Waals surface area contributed by atoms with E-state index in [1.165, 1.54) is 9.21 Å². The summed E-state index contributed by atoms with van der Waals surface area (Å²) in [6, 6.07) is 6.41. The van der Waals surface area contributed by atoms with E-state index in [4.69, 9.17) is 0 Å². The number of carbonyl (C=O) groups is 1. The molecule has 1 atom stereocenters. The monoisotopic (exact) mass is 338 g/mol. The molecule has 1 heterocycles. The van der Waals surface area contributed by atoms with Crippen LogP contribution in [0.5, 0.6) is 0 Å². The molecule has 2 rings (SSSR count). The third kappa shape index (κ3) is 3.58. The minimum absolute atomic E-state index is 0.0284. The van der Waals surface area contributed by atoms with Crippen LogP contribution >= 0.6 is 0 Å². The van der Waals surface area contributed by atoms with E-state index < -0.39 is 16.1 Å². The van der Waals surface area contributed by atoms with E-state index in [0.29, 0.717) is 19.4 Å². The Morgan fingerprint density at radius 1 is 1.17 bits per heavy atom. The lowest BCUT2D eigenvalue weighted by atomic mass is 9.87. The van der Waals surface area contributed by atoms with Crippen molar-refractivity contribution in [3.8, 4) is 0 Å². The van der Waals surface area contributed by atoms with Crippen LogP contribution in [0.2, 0.25) is 0 Å². The van der Waals surface area contributed by atoms with E-state index >= 15 is 0 Å². The molecule has 128 valence electrons. The quantitative estimate of drug-likeness (QED) is 0.849. The standard InChI is InChI=1S/C17H26N2O3S/c1-17(2,3)13-8-10-14(11-9-13)23(21,22)19-12-6-7-15(19)16(20)18(4)5/h8-11,15H,6-7,12H2,1-5H3. The predicted molar refractivity (Wildman–Crippen MR) is 90.7 cm³/mol. The highest BCUT2D eigenvalue weighted by Gasteiger charge is 2.40. The smallest absolute Gasteiger partial charge is 0.243 e. The summed E-state index contributed by atoms with van der Waals surface area (Å²) >= 11 is 0. The lowest BCUT2D eigenvalue weighted by molar-refractivity contribution is -0.132. The molecule has 23 heavy (non-hydrogen) atoms. The van der Waals surface area contributed by atoms with Gasteiger partial charge >= 0.3 is 0 Å². The fourth-order valence-electron chi connectivity index (χ4n) is 2.83. The van der Waals surface area contributed by atoms with Crippen molar-refractivity contribution >= 4 is 15.9 Å². The molecule has 0 spiro atoms. The van der Waals surface area contributed by atoms with E-state index in [9.17, 15) is 13.2 Å². The Hall–Kier alpha value is -1.40. The SMILES string of the molecule is CN(C)C(=O)C1CCCN1S(=O)(=O)c1ccc(C(C)(C)C)cc1. The van der Waals surface area contributed by atoms with Crippen LogP contribution in [0.3, 0.4) is 0 Å². The predicted octanol–water partition coefficient (Wildman–Crippen LogP) is 2.23. The zero-order valence-corrected chi connectivity index (χ0v) is 15.4. The highest BCUT2D eigenvalue weighted by atomic mass is 32.2. The summed E-state index contributed by atoms with van der Waals surface area (Å²) < 4.78 is 27.1. The maximum absolute atomic E-state index is 12.9. The van der Waals surface area contributed by atoms with Crippen LogP contribution < -0.4 is 0 Å². The Kier molecular flexibility index (Phi) is 4.87. The van der Waals surface area contributed by atoms with E-state index in [-0.39, 0.29) is 16.2 Å². The number of hydrogen-bond donors (Lipinski definition) is 0. The summed E-state index contributed by atoms with van der Waals surface area (Å²) in [5, 5.41) is 0. The van der Waals surface area contributed by atoms with Gasteiger partial charge < -0.3 is 4.90 Å². The summed E-state index contributed by atoms with van der Waals surface area (Å²) in [5.41, 5.74) is 1.05. The molecule has 0 bridgehead atoms. The maximum Gasteiger partial charge on any atom is 0.243 e. The van der Waals surface area contributed by atoms with Gasteiger partial charge in [-0.05, 0) is 36.0 Å². The number of likely N-dealkylation sites (N-methyl/N-ethyl adjacent to an activating group) is 1. The molecule has 1 aliphatic heterocycles. The normalized spacial score (nSPS) is 19.8. The first kappa shape index (κ1) is 17.9. The summed E-state index contributed by atoms with van der Waals surface area (Å²) in [7, 11) is -0.330. The van der Waals surface area contributed by atoms with E-state index in [0.717, 1.165) is 5.56 Å². The lowest BCUT2D eigenvalue weighted by Gasteiger charge is -2.26. The molecule has 0 N–H and O–H groups in total. The van der Waals surface area contributed by atoms with E-state index in [1.807, 2.05) is 12.1 Å². The minimum atomic E-state index is -3.64.